The molecule has 5 heteroatoms. The van der Waals surface area contributed by atoms with Crippen molar-refractivity contribution < 1.29 is 4.79 Å². The van der Waals surface area contributed by atoms with Gasteiger partial charge in [-0.05, 0) is 26.0 Å². The van der Waals surface area contributed by atoms with E-state index in [9.17, 15) is 4.79 Å². The molecule has 0 saturated heterocycles. The van der Waals surface area contributed by atoms with Crippen molar-refractivity contribution in [1.82, 2.24) is 0 Å². The summed E-state index contributed by atoms with van der Waals surface area (Å²) in [6, 6.07) is 5.13. The highest BCUT2D eigenvalue weighted by Crippen LogP contribution is 2.26. The second kappa shape index (κ2) is 4.72. The van der Waals surface area contributed by atoms with Crippen molar-refractivity contribution in [3.63, 3.8) is 0 Å². The van der Waals surface area contributed by atoms with Gasteiger partial charge in [-0.2, -0.15) is 0 Å². The molecule has 0 aliphatic heterocycles. The molecule has 0 aromatic heterocycles. The molecule has 88 valence electrons. The van der Waals surface area contributed by atoms with Gasteiger partial charge in [0, 0.05) is 17.8 Å². The van der Waals surface area contributed by atoms with Crippen LogP contribution in [0.1, 0.15) is 24.2 Å². The minimum Gasteiger partial charge on any atom is -0.378 e. The van der Waals surface area contributed by atoms with E-state index in [-0.39, 0.29) is 5.54 Å². The van der Waals surface area contributed by atoms with Crippen molar-refractivity contribution in [3.8, 4) is 0 Å². The van der Waals surface area contributed by atoms with Crippen LogP contribution in [0, 0.1) is 0 Å². The number of halogens is 1. The fraction of sp³-hybridized carbons (Fsp3) is 0.364. The van der Waals surface area contributed by atoms with Crippen molar-refractivity contribution in [3.05, 3.63) is 28.8 Å². The van der Waals surface area contributed by atoms with Gasteiger partial charge >= 0.3 is 0 Å². The molecule has 1 amide bonds. The van der Waals surface area contributed by atoms with E-state index in [0.29, 0.717) is 22.8 Å². The lowest BCUT2D eigenvalue weighted by Crippen LogP contribution is -2.39. The average molecular weight is 242 g/mol. The number of hydrogen-bond acceptors (Lipinski definition) is 3. The molecule has 4 nitrogen and oxygen atoms in total. The van der Waals surface area contributed by atoms with Crippen molar-refractivity contribution in [2.24, 2.45) is 11.5 Å². The van der Waals surface area contributed by atoms with Crippen LogP contribution in [0.5, 0.6) is 0 Å². The number of benzene rings is 1. The third-order valence-corrected chi connectivity index (χ3v) is 2.56. The van der Waals surface area contributed by atoms with Gasteiger partial charge in [-0.25, -0.2) is 0 Å². The van der Waals surface area contributed by atoms with E-state index in [2.05, 4.69) is 5.32 Å². The summed E-state index contributed by atoms with van der Waals surface area (Å²) in [5.41, 5.74) is 11.5. The van der Waals surface area contributed by atoms with Gasteiger partial charge in [-0.3, -0.25) is 4.79 Å². The van der Waals surface area contributed by atoms with E-state index >= 15 is 0 Å². The molecule has 0 saturated carbocycles. The van der Waals surface area contributed by atoms with Crippen LogP contribution in [-0.2, 0) is 0 Å². The molecule has 0 fully saturated rings. The number of amides is 1. The van der Waals surface area contributed by atoms with Crippen LogP contribution in [0.25, 0.3) is 0 Å². The van der Waals surface area contributed by atoms with Gasteiger partial charge < -0.3 is 16.8 Å². The first-order chi connectivity index (χ1) is 7.37. The van der Waals surface area contributed by atoms with E-state index in [0.717, 1.165) is 0 Å². The number of primary amides is 1. The lowest BCUT2D eigenvalue weighted by molar-refractivity contribution is 0.100. The van der Waals surface area contributed by atoms with E-state index in [4.69, 9.17) is 23.1 Å². The van der Waals surface area contributed by atoms with Crippen LogP contribution in [0.15, 0.2) is 18.2 Å². The number of nitrogens with two attached hydrogens (primary N) is 2. The van der Waals surface area contributed by atoms with Gasteiger partial charge in [0.05, 0.1) is 10.6 Å². The number of nitrogens with one attached hydrogen (secondary N) is 1. The van der Waals surface area contributed by atoms with E-state index in [1.807, 2.05) is 13.8 Å². The molecule has 1 aromatic rings. The highest BCUT2D eigenvalue weighted by atomic mass is 35.5. The first-order valence-electron chi connectivity index (χ1n) is 4.94. The van der Waals surface area contributed by atoms with Gasteiger partial charge in [-0.15, -0.1) is 0 Å². The summed E-state index contributed by atoms with van der Waals surface area (Å²) in [4.78, 5) is 11.3. The van der Waals surface area contributed by atoms with Gasteiger partial charge in [-0.1, -0.05) is 17.7 Å². The first kappa shape index (κ1) is 12.8. The number of carbonyl (C=O) groups excluding carboxylic acids is 1. The smallest absolute Gasteiger partial charge is 0.252 e. The van der Waals surface area contributed by atoms with Crippen LogP contribution in [-0.4, -0.2) is 18.0 Å². The van der Waals surface area contributed by atoms with Crippen molar-refractivity contribution in [2.75, 3.05) is 11.9 Å². The predicted molar refractivity (Wildman–Crippen MR) is 66.7 cm³/mol. The summed E-state index contributed by atoms with van der Waals surface area (Å²) in [7, 11) is 0. The Morgan fingerprint density at radius 2 is 2.12 bits per heavy atom. The second-order valence-electron chi connectivity index (χ2n) is 4.24. The zero-order valence-corrected chi connectivity index (χ0v) is 10.1. The quantitative estimate of drug-likeness (QED) is 0.749. The molecule has 0 atom stereocenters. The van der Waals surface area contributed by atoms with E-state index in [1.165, 1.54) is 0 Å². The molecule has 5 N–H and O–H groups in total. The maximum absolute atomic E-state index is 11.3. The van der Waals surface area contributed by atoms with Crippen molar-refractivity contribution in [2.45, 2.75) is 19.4 Å². The summed E-state index contributed by atoms with van der Waals surface area (Å²) in [6.45, 7) is 4.29. The van der Waals surface area contributed by atoms with Crippen LogP contribution in [0.3, 0.4) is 0 Å². The molecule has 0 bridgehead atoms. The third-order valence-electron chi connectivity index (χ3n) is 2.24. The number of rotatable bonds is 4. The Labute approximate surface area is 100.0 Å². The van der Waals surface area contributed by atoms with Crippen molar-refractivity contribution in [1.29, 1.82) is 0 Å². The van der Waals surface area contributed by atoms with E-state index < -0.39 is 5.91 Å². The zero-order chi connectivity index (χ0) is 12.3. The van der Waals surface area contributed by atoms with Crippen molar-refractivity contribution >= 4 is 23.2 Å². The summed E-state index contributed by atoms with van der Waals surface area (Å²) in [5, 5.41) is 3.49. The normalized spacial score (nSPS) is 11.2. The molecule has 0 radical (unpaired) electrons. The van der Waals surface area contributed by atoms with Gasteiger partial charge in [0.2, 0.25) is 0 Å². The Bertz CT molecular complexity index is 404. The molecule has 0 heterocycles. The summed E-state index contributed by atoms with van der Waals surface area (Å²) < 4.78 is 0. The summed E-state index contributed by atoms with van der Waals surface area (Å²) >= 11 is 5.92. The third kappa shape index (κ3) is 2.87. The van der Waals surface area contributed by atoms with Gasteiger partial charge in [0.1, 0.15) is 0 Å². The number of anilines is 1. The average Bonchev–Trinajstić information content (AvgIpc) is 2.16. The van der Waals surface area contributed by atoms with Crippen LogP contribution in [0.4, 0.5) is 5.69 Å². The zero-order valence-electron chi connectivity index (χ0n) is 9.38. The maximum atomic E-state index is 11.3. The van der Waals surface area contributed by atoms with Crippen LogP contribution in [0.2, 0.25) is 5.02 Å². The molecule has 0 spiro atoms. The fourth-order valence-electron chi connectivity index (χ4n) is 1.29. The lowest BCUT2D eigenvalue weighted by Gasteiger charge is -2.26. The summed E-state index contributed by atoms with van der Waals surface area (Å²) in [5.74, 6) is -0.555. The minimum absolute atomic E-state index is 0.297. The highest BCUT2D eigenvalue weighted by molar-refractivity contribution is 6.34. The minimum atomic E-state index is -0.555. The van der Waals surface area contributed by atoms with E-state index in [1.54, 1.807) is 18.2 Å². The fourth-order valence-corrected chi connectivity index (χ4v) is 1.56. The number of carbonyl (C=O) groups is 1. The highest BCUT2D eigenvalue weighted by Gasteiger charge is 2.19. The lowest BCUT2D eigenvalue weighted by atomic mass is 10.0. The Morgan fingerprint density at radius 3 is 2.62 bits per heavy atom. The molecule has 16 heavy (non-hydrogen) atoms. The Kier molecular flexibility index (Phi) is 3.78. The molecule has 0 aliphatic carbocycles. The predicted octanol–water partition coefficient (Wildman–Crippen LogP) is 1.59. The molecule has 0 aliphatic rings. The monoisotopic (exact) mass is 241 g/mol. The molecule has 0 unspecified atom stereocenters. The Morgan fingerprint density at radius 1 is 1.50 bits per heavy atom. The topological polar surface area (TPSA) is 81.1 Å². The van der Waals surface area contributed by atoms with Crippen LogP contribution >= 0.6 is 11.6 Å². The molecular weight excluding hydrogens is 226 g/mol. The Hall–Kier alpha value is -1.26. The maximum Gasteiger partial charge on any atom is 0.252 e. The number of hydrogen-bond donors (Lipinski definition) is 3. The molecule has 1 aromatic carbocycles. The first-order valence-corrected chi connectivity index (χ1v) is 5.32. The Balaban J connectivity index is 3.14. The summed E-state index contributed by atoms with van der Waals surface area (Å²) in [6.07, 6.45) is 0. The molecule has 1 rings (SSSR count). The second-order valence-corrected chi connectivity index (χ2v) is 4.65. The standard InChI is InChI=1S/C11H16ClN3O/c1-11(2,6-13)15-8-5-3-4-7(12)9(8)10(14)16/h3-5,15H,6,13H2,1-2H3,(H2,14,16). The van der Waals surface area contributed by atoms with Crippen LogP contribution < -0.4 is 16.8 Å². The SMILES string of the molecule is CC(C)(CN)Nc1cccc(Cl)c1C(N)=O. The van der Waals surface area contributed by atoms with Gasteiger partial charge in [0.15, 0.2) is 0 Å². The van der Waals surface area contributed by atoms with Gasteiger partial charge in [0.25, 0.3) is 5.91 Å². The largest absolute Gasteiger partial charge is 0.378 e. The molecular formula is C11H16ClN3O.